The molecule has 30 heavy (non-hydrogen) atoms. The van der Waals surface area contributed by atoms with Gasteiger partial charge in [-0.15, -0.1) is 0 Å². The largest absolute Gasteiger partial charge is 0.481 e. The minimum atomic E-state index is -1.62. The van der Waals surface area contributed by atoms with Crippen molar-refractivity contribution in [2.75, 3.05) is 12.0 Å². The smallest absolute Gasteiger partial charge is 0.412 e. The molecule has 0 aliphatic rings. The highest BCUT2D eigenvalue weighted by Gasteiger charge is 2.30. The lowest BCUT2D eigenvalue weighted by Crippen LogP contribution is -2.45. The van der Waals surface area contributed by atoms with Crippen molar-refractivity contribution in [3.8, 4) is 0 Å². The summed E-state index contributed by atoms with van der Waals surface area (Å²) in [6.07, 6.45) is -3.34. The van der Waals surface area contributed by atoms with Crippen molar-refractivity contribution >= 4 is 41.0 Å². The van der Waals surface area contributed by atoms with Crippen molar-refractivity contribution in [2.45, 2.75) is 18.6 Å². The number of halogens is 2. The van der Waals surface area contributed by atoms with Crippen LogP contribution in [0.3, 0.4) is 0 Å². The van der Waals surface area contributed by atoms with Crippen molar-refractivity contribution in [1.29, 1.82) is 0 Å². The average Bonchev–Trinajstić information content (AvgIpc) is 2.72. The van der Waals surface area contributed by atoms with Crippen molar-refractivity contribution in [3.05, 3.63) is 65.2 Å². The molecular formula is C20H18ClFN2O6. The number of ketones is 1. The third-order valence-corrected chi connectivity index (χ3v) is 4.12. The third-order valence-electron chi connectivity index (χ3n) is 3.87. The highest BCUT2D eigenvalue weighted by atomic mass is 35.5. The van der Waals surface area contributed by atoms with E-state index in [0.29, 0.717) is 10.7 Å². The molecule has 0 aromatic heterocycles. The number of aliphatic carboxylic acids is 1. The highest BCUT2D eigenvalue weighted by molar-refractivity contribution is 6.30. The molecule has 0 radical (unpaired) electrons. The predicted octanol–water partition coefficient (Wildman–Crippen LogP) is 3.13. The molecule has 8 nitrogen and oxygen atoms in total. The van der Waals surface area contributed by atoms with E-state index in [2.05, 4.69) is 10.6 Å². The Morgan fingerprint density at radius 3 is 2.23 bits per heavy atom. The summed E-state index contributed by atoms with van der Waals surface area (Å²) < 4.78 is 18.0. The molecule has 2 atom stereocenters. The second kappa shape index (κ2) is 10.9. The number of alkyl halides is 1. The molecule has 158 valence electrons. The maximum absolute atomic E-state index is 12.8. The Labute approximate surface area is 176 Å². The molecule has 0 heterocycles. The van der Waals surface area contributed by atoms with Crippen LogP contribution in [-0.2, 0) is 19.1 Å². The monoisotopic (exact) mass is 436 g/mol. The molecule has 0 aliphatic carbocycles. The zero-order valence-corrected chi connectivity index (χ0v) is 16.3. The topological polar surface area (TPSA) is 122 Å². The Hall–Kier alpha value is -3.46. The number of hydrogen-bond acceptors (Lipinski definition) is 5. The quantitative estimate of drug-likeness (QED) is 0.555. The first-order chi connectivity index (χ1) is 14.3. The number of amides is 2. The fourth-order valence-corrected chi connectivity index (χ4v) is 2.57. The Balaban J connectivity index is 2.22. The summed E-state index contributed by atoms with van der Waals surface area (Å²) in [6.45, 7) is -1.46. The van der Waals surface area contributed by atoms with E-state index < -0.39 is 49.0 Å². The first-order valence-corrected chi connectivity index (χ1v) is 9.07. The van der Waals surface area contributed by atoms with Crippen LogP contribution >= 0.6 is 11.6 Å². The van der Waals surface area contributed by atoms with Gasteiger partial charge in [0.2, 0.25) is 6.10 Å². The van der Waals surface area contributed by atoms with Gasteiger partial charge in [-0.25, -0.2) is 9.18 Å². The number of nitrogens with one attached hydrogen (secondary N) is 2. The molecule has 0 fully saturated rings. The molecule has 0 spiro atoms. The average molecular weight is 437 g/mol. The number of para-hydroxylation sites is 1. The summed E-state index contributed by atoms with van der Waals surface area (Å²) in [7, 11) is 0. The summed E-state index contributed by atoms with van der Waals surface area (Å²) in [5.41, 5.74) is 0.621. The number of ether oxygens (including phenoxy) is 1. The molecule has 10 heteroatoms. The van der Waals surface area contributed by atoms with Gasteiger partial charge in [0.1, 0.15) is 12.7 Å². The number of carbonyl (C=O) groups excluding carboxylic acids is 3. The lowest BCUT2D eigenvalue weighted by atomic mass is 10.1. The molecular weight excluding hydrogens is 419 g/mol. The molecule has 2 unspecified atom stereocenters. The number of carboxylic acids is 1. The lowest BCUT2D eigenvalue weighted by molar-refractivity contribution is -0.141. The van der Waals surface area contributed by atoms with Gasteiger partial charge in [0.15, 0.2) is 5.78 Å². The molecule has 0 aliphatic heterocycles. The molecule has 0 saturated heterocycles. The number of rotatable bonds is 9. The minimum absolute atomic E-state index is 0.210. The van der Waals surface area contributed by atoms with Crippen LogP contribution in [0.5, 0.6) is 0 Å². The summed E-state index contributed by atoms with van der Waals surface area (Å²) >= 11 is 5.84. The van der Waals surface area contributed by atoms with Gasteiger partial charge in [0.05, 0.1) is 6.42 Å². The van der Waals surface area contributed by atoms with E-state index in [-0.39, 0.29) is 5.56 Å². The van der Waals surface area contributed by atoms with Gasteiger partial charge in [-0.3, -0.25) is 19.7 Å². The fourth-order valence-electron chi connectivity index (χ4n) is 2.45. The number of hydrogen-bond donors (Lipinski definition) is 3. The standard InChI is InChI=1S/C20H18ClFN2O6/c21-13-8-6-12(7-9-13)18(30-20(29)23-14-4-2-1-3-5-14)19(28)24-15(10-17(26)27)16(25)11-22/h1-9,15,18H,10-11H2,(H,23,29)(H,24,28)(H,26,27). The predicted molar refractivity (Wildman–Crippen MR) is 106 cm³/mol. The van der Waals surface area contributed by atoms with Crippen molar-refractivity contribution < 1.29 is 33.4 Å². The number of anilines is 1. The molecule has 2 aromatic rings. The van der Waals surface area contributed by atoms with E-state index in [1.54, 1.807) is 30.3 Å². The Kier molecular flexibility index (Phi) is 8.30. The Morgan fingerprint density at radius 1 is 1.03 bits per heavy atom. The number of benzene rings is 2. The van der Waals surface area contributed by atoms with Gasteiger partial charge in [0, 0.05) is 16.3 Å². The first kappa shape index (κ1) is 22.8. The lowest BCUT2D eigenvalue weighted by Gasteiger charge is -2.21. The van der Waals surface area contributed by atoms with Crippen LogP contribution in [0.4, 0.5) is 14.9 Å². The van der Waals surface area contributed by atoms with Gasteiger partial charge < -0.3 is 15.2 Å². The second-order valence-corrected chi connectivity index (χ2v) is 6.52. The summed E-state index contributed by atoms with van der Waals surface area (Å²) in [4.78, 5) is 47.6. The van der Waals surface area contributed by atoms with Crippen LogP contribution in [0.15, 0.2) is 54.6 Å². The van der Waals surface area contributed by atoms with E-state index in [0.717, 1.165) is 0 Å². The molecule has 2 rings (SSSR count). The van der Waals surface area contributed by atoms with Gasteiger partial charge in [-0.2, -0.15) is 0 Å². The third kappa shape index (κ3) is 6.85. The minimum Gasteiger partial charge on any atom is -0.481 e. The maximum Gasteiger partial charge on any atom is 0.412 e. The van der Waals surface area contributed by atoms with E-state index in [4.69, 9.17) is 21.4 Å². The van der Waals surface area contributed by atoms with Crippen LogP contribution in [0.2, 0.25) is 5.02 Å². The normalized spacial score (nSPS) is 12.3. The van der Waals surface area contributed by atoms with Crippen LogP contribution in [0.25, 0.3) is 0 Å². The number of Topliss-reactive ketones (excluding diaryl/α,β-unsaturated/α-hetero) is 1. The van der Waals surface area contributed by atoms with Crippen molar-refractivity contribution in [2.24, 2.45) is 0 Å². The highest BCUT2D eigenvalue weighted by Crippen LogP contribution is 2.22. The van der Waals surface area contributed by atoms with E-state index in [1.165, 1.54) is 24.3 Å². The number of carboxylic acid groups (broad SMARTS) is 1. The zero-order chi connectivity index (χ0) is 22.1. The van der Waals surface area contributed by atoms with E-state index in [9.17, 15) is 23.6 Å². The zero-order valence-electron chi connectivity index (χ0n) is 15.5. The van der Waals surface area contributed by atoms with Crippen LogP contribution < -0.4 is 10.6 Å². The second-order valence-electron chi connectivity index (χ2n) is 6.09. The molecule has 0 saturated carbocycles. The fraction of sp³-hybridized carbons (Fsp3) is 0.200. The molecule has 3 N–H and O–H groups in total. The number of carbonyl (C=O) groups is 4. The Morgan fingerprint density at radius 2 is 1.67 bits per heavy atom. The van der Waals surface area contributed by atoms with Gasteiger partial charge in [0.25, 0.3) is 5.91 Å². The molecule has 2 aromatic carbocycles. The summed E-state index contributed by atoms with van der Waals surface area (Å²) in [5.74, 6) is -3.52. The van der Waals surface area contributed by atoms with Crippen LogP contribution in [-0.4, -0.2) is 41.6 Å². The van der Waals surface area contributed by atoms with Crippen LogP contribution in [0, 0.1) is 0 Å². The van der Waals surface area contributed by atoms with Crippen LogP contribution in [0.1, 0.15) is 18.1 Å². The van der Waals surface area contributed by atoms with Gasteiger partial charge >= 0.3 is 12.1 Å². The molecule has 0 bridgehead atoms. The van der Waals surface area contributed by atoms with Gasteiger partial charge in [-0.1, -0.05) is 41.9 Å². The summed E-state index contributed by atoms with van der Waals surface area (Å²) in [5, 5.41) is 13.8. The van der Waals surface area contributed by atoms with E-state index in [1.807, 2.05) is 0 Å². The summed E-state index contributed by atoms with van der Waals surface area (Å²) in [6, 6.07) is 12.4. The maximum atomic E-state index is 12.8. The van der Waals surface area contributed by atoms with Crippen molar-refractivity contribution in [3.63, 3.8) is 0 Å². The van der Waals surface area contributed by atoms with E-state index >= 15 is 0 Å². The SMILES string of the molecule is O=C(O)CC(NC(=O)C(OC(=O)Nc1ccccc1)c1ccc(Cl)cc1)C(=O)CF. The van der Waals surface area contributed by atoms with Crippen molar-refractivity contribution in [1.82, 2.24) is 5.32 Å². The Bertz CT molecular complexity index is 907. The molecule has 2 amide bonds. The first-order valence-electron chi connectivity index (χ1n) is 8.69. The van der Waals surface area contributed by atoms with Gasteiger partial charge in [-0.05, 0) is 24.3 Å².